The summed E-state index contributed by atoms with van der Waals surface area (Å²) >= 11 is 0. The van der Waals surface area contributed by atoms with Gasteiger partial charge in [0, 0.05) is 59.8 Å². The Balaban J connectivity index is 1.09. The Labute approximate surface area is 335 Å². The first-order valence-corrected chi connectivity index (χ1v) is 19.7. The van der Waals surface area contributed by atoms with Gasteiger partial charge in [-0.3, -0.25) is 0 Å². The molecule has 4 heterocycles. The average Bonchev–Trinajstić information content (AvgIpc) is 4.01. The van der Waals surface area contributed by atoms with Crippen LogP contribution < -0.4 is 0 Å². The molecule has 0 amide bonds. The molecule has 4 aromatic heterocycles. The van der Waals surface area contributed by atoms with Gasteiger partial charge in [-0.25, -0.2) is 15.0 Å². The van der Waals surface area contributed by atoms with Crippen molar-refractivity contribution in [1.29, 1.82) is 0 Å². The van der Waals surface area contributed by atoms with E-state index in [0.29, 0.717) is 17.5 Å². The zero-order valence-corrected chi connectivity index (χ0v) is 31.3. The molecule has 9 aromatic carbocycles. The summed E-state index contributed by atoms with van der Waals surface area (Å²) in [7, 11) is 0. The summed E-state index contributed by atoms with van der Waals surface area (Å²) in [5.74, 6) is 1.67. The van der Waals surface area contributed by atoms with Gasteiger partial charge in [0.15, 0.2) is 17.5 Å². The molecule has 0 saturated carbocycles. The van der Waals surface area contributed by atoms with Gasteiger partial charge in [0.1, 0.15) is 33.5 Å². The number of rotatable bonds is 4. The molecule has 6 heteroatoms. The third kappa shape index (κ3) is 4.77. The highest BCUT2D eigenvalue weighted by atomic mass is 16.3. The molecule has 0 fully saturated rings. The van der Waals surface area contributed by atoms with Crippen molar-refractivity contribution in [2.24, 2.45) is 0 Å². The lowest BCUT2D eigenvalue weighted by atomic mass is 9.98. The largest absolute Gasteiger partial charge is 0.456 e. The fraction of sp³-hybridized carbons (Fsp3) is 0. The summed E-state index contributed by atoms with van der Waals surface area (Å²) in [6.07, 6.45) is 0. The van der Waals surface area contributed by atoms with Crippen LogP contribution in [0.25, 0.3) is 133 Å². The molecule has 0 atom stereocenters. The van der Waals surface area contributed by atoms with Crippen LogP contribution in [-0.2, 0) is 0 Å². The van der Waals surface area contributed by atoms with E-state index in [9.17, 15) is 0 Å². The number of hydrogen-bond acceptors (Lipinski definition) is 6. The molecule has 13 aromatic rings. The monoisotopic (exact) mass is 755 g/mol. The van der Waals surface area contributed by atoms with E-state index in [2.05, 4.69) is 103 Å². The quantitative estimate of drug-likeness (QED) is 0.178. The highest BCUT2D eigenvalue weighted by Gasteiger charge is 2.23. The highest BCUT2D eigenvalue weighted by molar-refractivity contribution is 6.22. The molecule has 274 valence electrons. The highest BCUT2D eigenvalue weighted by Crippen LogP contribution is 2.44. The summed E-state index contributed by atoms with van der Waals surface area (Å²) in [5.41, 5.74) is 9.76. The topological polar surface area (TPSA) is 78.1 Å². The van der Waals surface area contributed by atoms with E-state index in [1.54, 1.807) is 0 Å². The predicted molar refractivity (Wildman–Crippen MR) is 238 cm³/mol. The first kappa shape index (κ1) is 32.0. The predicted octanol–water partition coefficient (Wildman–Crippen LogP) is 14.5. The second-order valence-electron chi connectivity index (χ2n) is 15.1. The van der Waals surface area contributed by atoms with Crippen molar-refractivity contribution in [2.45, 2.75) is 0 Å². The van der Waals surface area contributed by atoms with Gasteiger partial charge in [0.2, 0.25) is 0 Å². The van der Waals surface area contributed by atoms with Gasteiger partial charge in [-0.2, -0.15) is 0 Å². The summed E-state index contributed by atoms with van der Waals surface area (Å²) < 4.78 is 19.5. The van der Waals surface area contributed by atoms with Crippen LogP contribution in [0.15, 0.2) is 189 Å². The van der Waals surface area contributed by atoms with Crippen LogP contribution in [0.4, 0.5) is 0 Å². The van der Waals surface area contributed by atoms with Crippen LogP contribution in [0.5, 0.6) is 0 Å². The maximum Gasteiger partial charge on any atom is 0.164 e. The molecule has 0 aliphatic carbocycles. The number of nitrogens with zero attached hydrogens (tertiary/aromatic N) is 3. The lowest BCUT2D eigenvalue weighted by Gasteiger charge is -2.12. The van der Waals surface area contributed by atoms with E-state index in [4.69, 9.17) is 28.2 Å². The first-order chi connectivity index (χ1) is 29.2. The van der Waals surface area contributed by atoms with E-state index in [0.717, 1.165) is 115 Å². The second kappa shape index (κ2) is 12.2. The Bertz CT molecular complexity index is 3680. The molecular weight excluding hydrogens is 727 g/mol. The number of para-hydroxylation sites is 3. The summed E-state index contributed by atoms with van der Waals surface area (Å²) in [5, 5.41) is 10.3. The summed E-state index contributed by atoms with van der Waals surface area (Å²) in [6, 6.07) is 60.3. The Kier molecular flexibility index (Phi) is 6.63. The number of benzene rings is 9. The molecule has 13 rings (SSSR count). The minimum atomic E-state index is 0.556. The number of fused-ring (bicyclic) bond motifs is 13. The van der Waals surface area contributed by atoms with E-state index in [1.165, 1.54) is 0 Å². The maximum absolute atomic E-state index is 6.62. The molecule has 0 aliphatic rings. The van der Waals surface area contributed by atoms with Crippen molar-refractivity contribution >= 4 is 87.4 Å². The lowest BCUT2D eigenvalue weighted by Crippen LogP contribution is -2.01. The number of aromatic nitrogens is 3. The zero-order valence-electron chi connectivity index (χ0n) is 31.3. The standard InChI is InChI=1S/C53H29N3O3/c1-3-14-35-32(12-1)28-40(47-38-17-6-9-21-43(38)58-49(35)47)52-54-51(31-26-24-30(25-27-31)34-19-11-23-45-46(34)37-16-5-8-20-42(37)57-45)55-53(56-52)41-29-33-13-2-4-15-36(33)50-48(41)39-18-7-10-22-44(39)59-50/h1-29H. The fourth-order valence-electron chi connectivity index (χ4n) is 9.03. The molecular formula is C53H29N3O3. The van der Waals surface area contributed by atoms with Crippen molar-refractivity contribution in [1.82, 2.24) is 15.0 Å². The van der Waals surface area contributed by atoms with Gasteiger partial charge >= 0.3 is 0 Å². The van der Waals surface area contributed by atoms with Crippen molar-refractivity contribution in [3.8, 4) is 45.3 Å². The summed E-state index contributed by atoms with van der Waals surface area (Å²) in [4.78, 5) is 16.0. The molecule has 0 bridgehead atoms. The van der Waals surface area contributed by atoms with Crippen LogP contribution in [0.3, 0.4) is 0 Å². The Morgan fingerprint density at radius 1 is 0.288 bits per heavy atom. The maximum atomic E-state index is 6.62. The third-order valence-electron chi connectivity index (χ3n) is 11.7. The molecule has 0 spiro atoms. The van der Waals surface area contributed by atoms with Crippen LogP contribution in [0, 0.1) is 0 Å². The average molecular weight is 756 g/mol. The van der Waals surface area contributed by atoms with Gasteiger partial charge < -0.3 is 13.3 Å². The molecule has 6 nitrogen and oxygen atoms in total. The van der Waals surface area contributed by atoms with Crippen LogP contribution in [0.2, 0.25) is 0 Å². The smallest absolute Gasteiger partial charge is 0.164 e. The van der Waals surface area contributed by atoms with E-state index in [1.807, 2.05) is 72.8 Å². The molecule has 0 aliphatic heterocycles. The van der Waals surface area contributed by atoms with Crippen molar-refractivity contribution in [3.05, 3.63) is 176 Å². The molecule has 59 heavy (non-hydrogen) atoms. The van der Waals surface area contributed by atoms with E-state index >= 15 is 0 Å². The van der Waals surface area contributed by atoms with Gasteiger partial charge in [-0.1, -0.05) is 140 Å². The summed E-state index contributed by atoms with van der Waals surface area (Å²) in [6.45, 7) is 0. The first-order valence-electron chi connectivity index (χ1n) is 19.7. The zero-order chi connectivity index (χ0) is 38.6. The Morgan fingerprint density at radius 2 is 0.712 bits per heavy atom. The SMILES string of the molecule is c1ccc2c(c1)cc(-c1nc(-c3ccc(-c4cccc5oc6ccccc6c45)cc3)nc(-c3cc4ccccc4c4oc5ccccc5c34)n1)c1c3ccccc3oc21. The third-order valence-corrected chi connectivity index (χ3v) is 11.7. The van der Waals surface area contributed by atoms with Crippen LogP contribution >= 0.6 is 0 Å². The minimum absolute atomic E-state index is 0.556. The van der Waals surface area contributed by atoms with Crippen molar-refractivity contribution in [2.75, 3.05) is 0 Å². The number of hydrogen-bond donors (Lipinski definition) is 0. The van der Waals surface area contributed by atoms with Gasteiger partial charge in [0.05, 0.1) is 0 Å². The molecule has 0 N–H and O–H groups in total. The molecule has 0 unspecified atom stereocenters. The fourth-order valence-corrected chi connectivity index (χ4v) is 9.03. The van der Waals surface area contributed by atoms with Crippen LogP contribution in [-0.4, -0.2) is 15.0 Å². The normalized spacial score (nSPS) is 12.1. The lowest BCUT2D eigenvalue weighted by molar-refractivity contribution is 0.669. The Morgan fingerprint density at radius 3 is 1.27 bits per heavy atom. The Hall–Kier alpha value is -8.09. The van der Waals surface area contributed by atoms with Gasteiger partial charge in [-0.05, 0) is 58.3 Å². The van der Waals surface area contributed by atoms with E-state index < -0.39 is 0 Å². The van der Waals surface area contributed by atoms with Crippen LogP contribution in [0.1, 0.15) is 0 Å². The molecule has 0 radical (unpaired) electrons. The van der Waals surface area contributed by atoms with E-state index in [-0.39, 0.29) is 0 Å². The van der Waals surface area contributed by atoms with Gasteiger partial charge in [-0.15, -0.1) is 0 Å². The molecule has 0 saturated heterocycles. The number of furan rings is 3. The minimum Gasteiger partial charge on any atom is -0.456 e. The van der Waals surface area contributed by atoms with Gasteiger partial charge in [0.25, 0.3) is 0 Å². The van der Waals surface area contributed by atoms with Crippen molar-refractivity contribution < 1.29 is 13.3 Å². The van der Waals surface area contributed by atoms with Crippen molar-refractivity contribution in [3.63, 3.8) is 0 Å². The second-order valence-corrected chi connectivity index (χ2v) is 15.1.